The van der Waals surface area contributed by atoms with Crippen molar-refractivity contribution in [2.75, 3.05) is 6.61 Å². The third-order valence-electron chi connectivity index (χ3n) is 7.34. The second-order valence-electron chi connectivity index (χ2n) is 9.58. The van der Waals surface area contributed by atoms with Crippen LogP contribution in [-0.2, 0) is 4.74 Å². The van der Waals surface area contributed by atoms with Crippen LogP contribution in [-0.4, -0.2) is 20.8 Å². The molecule has 0 saturated heterocycles. The van der Waals surface area contributed by atoms with Crippen LogP contribution in [0.4, 0.5) is 0 Å². The standard InChI is InChI=1S/C20H34OSi/c1-19(2)16-10-12-20(19,3)18(14-16)21-13-11-15-8-7-9-17(15)22(4,5)6/h7-8,16,18H,9-14H2,1-6H3. The average molecular weight is 319 g/mol. The van der Waals surface area contributed by atoms with E-state index in [1.165, 1.54) is 25.7 Å². The van der Waals surface area contributed by atoms with Gasteiger partial charge in [0.1, 0.15) is 0 Å². The predicted octanol–water partition coefficient (Wildman–Crippen LogP) is 5.74. The lowest BCUT2D eigenvalue weighted by Gasteiger charge is -2.39. The van der Waals surface area contributed by atoms with Crippen LogP contribution in [0.3, 0.4) is 0 Å². The number of ether oxygens (including phenoxy) is 1. The minimum Gasteiger partial charge on any atom is -0.377 e. The normalized spacial score (nSPS) is 36.6. The van der Waals surface area contributed by atoms with Crippen molar-refractivity contribution in [3.05, 3.63) is 22.9 Å². The Balaban J connectivity index is 1.60. The van der Waals surface area contributed by atoms with E-state index < -0.39 is 8.07 Å². The van der Waals surface area contributed by atoms with Crippen molar-refractivity contribution in [1.82, 2.24) is 0 Å². The second-order valence-corrected chi connectivity index (χ2v) is 14.7. The Morgan fingerprint density at radius 2 is 1.95 bits per heavy atom. The highest BCUT2D eigenvalue weighted by Crippen LogP contribution is 2.66. The molecule has 22 heavy (non-hydrogen) atoms. The first kappa shape index (κ1) is 16.5. The Morgan fingerprint density at radius 1 is 1.23 bits per heavy atom. The number of fused-ring (bicyclic) bond motifs is 2. The fraction of sp³-hybridized carbons (Fsp3) is 0.800. The number of hydrogen-bond acceptors (Lipinski definition) is 1. The smallest absolute Gasteiger partial charge is 0.0732 e. The molecule has 1 nitrogen and oxygen atoms in total. The largest absolute Gasteiger partial charge is 0.377 e. The minimum atomic E-state index is -1.16. The molecule has 0 amide bonds. The molecule has 3 unspecified atom stereocenters. The molecular weight excluding hydrogens is 284 g/mol. The molecule has 2 saturated carbocycles. The molecule has 0 aliphatic heterocycles. The molecule has 0 heterocycles. The molecule has 3 aliphatic rings. The summed E-state index contributed by atoms with van der Waals surface area (Å²) in [6, 6.07) is 0. The van der Waals surface area contributed by atoms with Crippen molar-refractivity contribution < 1.29 is 4.74 Å². The number of rotatable bonds is 5. The molecule has 2 heteroatoms. The Bertz CT molecular complexity index is 508. The van der Waals surface area contributed by atoms with Gasteiger partial charge in [-0.2, -0.15) is 0 Å². The van der Waals surface area contributed by atoms with E-state index >= 15 is 0 Å². The molecule has 0 aromatic heterocycles. The van der Waals surface area contributed by atoms with E-state index in [0.717, 1.165) is 18.9 Å². The van der Waals surface area contributed by atoms with Crippen LogP contribution in [0.5, 0.6) is 0 Å². The van der Waals surface area contributed by atoms with Crippen molar-refractivity contribution in [3.8, 4) is 0 Å². The Morgan fingerprint density at radius 3 is 2.50 bits per heavy atom. The topological polar surface area (TPSA) is 9.23 Å². The monoisotopic (exact) mass is 318 g/mol. The van der Waals surface area contributed by atoms with Gasteiger partial charge in [-0.1, -0.05) is 63.3 Å². The zero-order chi connectivity index (χ0) is 16.2. The van der Waals surface area contributed by atoms with Gasteiger partial charge in [-0.15, -0.1) is 0 Å². The molecule has 2 bridgehead atoms. The van der Waals surface area contributed by atoms with Gasteiger partial charge in [-0.05, 0) is 48.9 Å². The zero-order valence-electron chi connectivity index (χ0n) is 15.5. The van der Waals surface area contributed by atoms with Gasteiger partial charge < -0.3 is 4.74 Å². The Hall–Kier alpha value is -0.343. The fourth-order valence-electron chi connectivity index (χ4n) is 5.27. The Labute approximate surface area is 138 Å². The minimum absolute atomic E-state index is 0.402. The molecule has 0 radical (unpaired) electrons. The number of hydrogen-bond donors (Lipinski definition) is 0. The maximum absolute atomic E-state index is 6.45. The van der Waals surface area contributed by atoms with E-state index in [-0.39, 0.29) is 0 Å². The summed E-state index contributed by atoms with van der Waals surface area (Å²) in [5, 5.41) is 1.75. The van der Waals surface area contributed by atoms with Gasteiger partial charge in [-0.3, -0.25) is 0 Å². The lowest BCUT2D eigenvalue weighted by Crippen LogP contribution is -2.37. The lowest BCUT2D eigenvalue weighted by molar-refractivity contribution is -0.0451. The van der Waals surface area contributed by atoms with Gasteiger partial charge >= 0.3 is 0 Å². The van der Waals surface area contributed by atoms with Gasteiger partial charge in [0.2, 0.25) is 0 Å². The van der Waals surface area contributed by atoms with Gasteiger partial charge in [0.25, 0.3) is 0 Å². The molecule has 3 rings (SSSR count). The molecule has 0 spiro atoms. The van der Waals surface area contributed by atoms with Crippen LogP contribution < -0.4 is 0 Å². The van der Waals surface area contributed by atoms with Gasteiger partial charge in [0.05, 0.1) is 20.8 Å². The van der Waals surface area contributed by atoms with Gasteiger partial charge in [0, 0.05) is 0 Å². The van der Waals surface area contributed by atoms with Gasteiger partial charge in [-0.25, -0.2) is 0 Å². The highest BCUT2D eigenvalue weighted by Gasteiger charge is 2.61. The quantitative estimate of drug-likeness (QED) is 0.587. The molecule has 0 aromatic carbocycles. The Kier molecular flexibility index (Phi) is 4.01. The van der Waals surface area contributed by atoms with Crippen molar-refractivity contribution in [2.45, 2.75) is 78.6 Å². The maximum atomic E-state index is 6.45. The van der Waals surface area contributed by atoms with E-state index in [1.807, 2.05) is 0 Å². The summed E-state index contributed by atoms with van der Waals surface area (Å²) in [7, 11) is -1.16. The van der Waals surface area contributed by atoms with E-state index in [2.05, 4.69) is 52.6 Å². The van der Waals surface area contributed by atoms with Crippen LogP contribution in [0.25, 0.3) is 0 Å². The first-order valence-electron chi connectivity index (χ1n) is 9.17. The van der Waals surface area contributed by atoms with E-state index in [4.69, 9.17) is 4.74 Å². The van der Waals surface area contributed by atoms with Crippen LogP contribution >= 0.6 is 0 Å². The highest BCUT2D eigenvalue weighted by molar-refractivity contribution is 6.83. The summed E-state index contributed by atoms with van der Waals surface area (Å²) >= 11 is 0. The molecule has 2 fully saturated rings. The van der Waals surface area contributed by atoms with Crippen molar-refractivity contribution in [3.63, 3.8) is 0 Å². The summed E-state index contributed by atoms with van der Waals surface area (Å²) in [6.07, 6.45) is 11.6. The third-order valence-corrected chi connectivity index (χ3v) is 9.67. The zero-order valence-corrected chi connectivity index (χ0v) is 16.5. The summed E-state index contributed by atoms with van der Waals surface area (Å²) < 4.78 is 6.45. The number of allylic oxidation sites excluding steroid dienone is 3. The molecule has 3 aliphatic carbocycles. The molecular formula is C20H34OSi. The second kappa shape index (κ2) is 5.34. The summed E-state index contributed by atoms with van der Waals surface area (Å²) in [5.41, 5.74) is 2.46. The van der Waals surface area contributed by atoms with Crippen molar-refractivity contribution in [2.24, 2.45) is 16.7 Å². The SMILES string of the molecule is CC1(C)C2CCC1(C)C(OCCC1=C([Si](C)(C)C)CC=C1)C2. The molecule has 124 valence electrons. The summed E-state index contributed by atoms with van der Waals surface area (Å²) in [6.45, 7) is 15.7. The van der Waals surface area contributed by atoms with Crippen LogP contribution in [0.2, 0.25) is 19.6 Å². The molecule has 0 N–H and O–H groups in total. The molecule has 0 aromatic rings. The van der Waals surface area contributed by atoms with Crippen molar-refractivity contribution >= 4 is 8.07 Å². The first-order valence-corrected chi connectivity index (χ1v) is 12.7. The first-order chi connectivity index (χ1) is 10.2. The van der Waals surface area contributed by atoms with E-state index in [1.54, 1.807) is 10.8 Å². The highest BCUT2D eigenvalue weighted by atomic mass is 28.3. The maximum Gasteiger partial charge on any atom is 0.0732 e. The summed E-state index contributed by atoms with van der Waals surface area (Å²) in [4.78, 5) is 0. The van der Waals surface area contributed by atoms with Crippen LogP contribution in [0, 0.1) is 16.7 Å². The lowest BCUT2D eigenvalue weighted by atomic mass is 9.70. The van der Waals surface area contributed by atoms with E-state index in [9.17, 15) is 0 Å². The van der Waals surface area contributed by atoms with Crippen LogP contribution in [0.15, 0.2) is 22.9 Å². The molecule has 3 atom stereocenters. The average Bonchev–Trinajstić information content (AvgIpc) is 3.01. The fourth-order valence-corrected chi connectivity index (χ4v) is 7.17. The third kappa shape index (κ3) is 2.47. The van der Waals surface area contributed by atoms with Crippen molar-refractivity contribution in [1.29, 1.82) is 0 Å². The predicted molar refractivity (Wildman–Crippen MR) is 97.7 cm³/mol. The van der Waals surface area contributed by atoms with E-state index in [0.29, 0.717) is 16.9 Å². The summed E-state index contributed by atoms with van der Waals surface area (Å²) in [5.74, 6) is 0.880. The van der Waals surface area contributed by atoms with Gasteiger partial charge in [0.15, 0.2) is 0 Å². The van der Waals surface area contributed by atoms with Crippen LogP contribution in [0.1, 0.15) is 52.9 Å².